The molecule has 0 atom stereocenters. The summed E-state index contributed by atoms with van der Waals surface area (Å²) in [6.45, 7) is 0. The molecule has 0 saturated carbocycles. The third-order valence-corrected chi connectivity index (χ3v) is 3.57. The van der Waals surface area contributed by atoms with Gasteiger partial charge in [-0.3, -0.25) is 0 Å². The van der Waals surface area contributed by atoms with Crippen molar-refractivity contribution in [3.8, 4) is 5.75 Å². The second kappa shape index (κ2) is 5.29. The Morgan fingerprint density at radius 1 is 0.952 bits per heavy atom. The Hall–Kier alpha value is -2.81. The maximum atomic E-state index is 11.1. The molecule has 0 amide bonds. The monoisotopic (exact) mass is 278 g/mol. The molecule has 0 saturated heterocycles. The van der Waals surface area contributed by atoms with Gasteiger partial charge in [0.05, 0.1) is 0 Å². The highest BCUT2D eigenvalue weighted by atomic mass is 16.4. The summed E-state index contributed by atoms with van der Waals surface area (Å²) in [5.41, 5.74) is 1.93. The van der Waals surface area contributed by atoms with E-state index in [2.05, 4.69) is 18.2 Å². The van der Waals surface area contributed by atoms with Crippen LogP contribution in [0.25, 0.3) is 10.8 Å². The van der Waals surface area contributed by atoms with Gasteiger partial charge < -0.3 is 10.2 Å². The molecular weight excluding hydrogens is 264 g/mol. The number of aromatic carboxylic acids is 1. The molecular formula is C18H14O3. The molecule has 0 aromatic heterocycles. The highest BCUT2D eigenvalue weighted by Crippen LogP contribution is 2.24. The maximum absolute atomic E-state index is 11.1. The molecule has 0 bridgehead atoms. The number of carboxylic acid groups (broad SMARTS) is 1. The first kappa shape index (κ1) is 13.2. The van der Waals surface area contributed by atoms with Crippen molar-refractivity contribution in [1.82, 2.24) is 0 Å². The van der Waals surface area contributed by atoms with Crippen LogP contribution in [0.4, 0.5) is 0 Å². The number of hydrogen-bond donors (Lipinski definition) is 2. The Balaban J connectivity index is 2.03. The van der Waals surface area contributed by atoms with Crippen molar-refractivity contribution in [2.75, 3.05) is 0 Å². The highest BCUT2D eigenvalue weighted by molar-refractivity contribution is 5.91. The fourth-order valence-corrected chi connectivity index (χ4v) is 2.53. The van der Waals surface area contributed by atoms with Gasteiger partial charge in [-0.05, 0) is 40.5 Å². The van der Waals surface area contributed by atoms with E-state index in [0.29, 0.717) is 6.42 Å². The zero-order valence-corrected chi connectivity index (χ0v) is 11.3. The Labute approximate surface area is 122 Å². The minimum atomic E-state index is -1.12. The summed E-state index contributed by atoms with van der Waals surface area (Å²) < 4.78 is 0. The van der Waals surface area contributed by atoms with E-state index in [1.807, 2.05) is 24.3 Å². The number of aromatic hydroxyl groups is 1. The summed E-state index contributed by atoms with van der Waals surface area (Å²) >= 11 is 0. The minimum absolute atomic E-state index is 0.0623. The van der Waals surface area contributed by atoms with E-state index in [0.717, 1.165) is 21.9 Å². The number of carbonyl (C=O) groups is 1. The quantitative estimate of drug-likeness (QED) is 0.765. The summed E-state index contributed by atoms with van der Waals surface area (Å²) in [5, 5.41) is 20.9. The van der Waals surface area contributed by atoms with Crippen LogP contribution in [0.2, 0.25) is 0 Å². The lowest BCUT2D eigenvalue weighted by molar-refractivity contribution is 0.0693. The number of phenols is 1. The molecule has 0 unspecified atom stereocenters. The average Bonchev–Trinajstić information content (AvgIpc) is 2.49. The van der Waals surface area contributed by atoms with Crippen LogP contribution in [0.1, 0.15) is 21.5 Å². The van der Waals surface area contributed by atoms with E-state index >= 15 is 0 Å². The number of hydrogen-bond acceptors (Lipinski definition) is 2. The second-order valence-electron chi connectivity index (χ2n) is 4.97. The van der Waals surface area contributed by atoms with Crippen molar-refractivity contribution in [2.24, 2.45) is 0 Å². The van der Waals surface area contributed by atoms with E-state index in [1.54, 1.807) is 6.07 Å². The number of rotatable bonds is 3. The molecule has 0 aliphatic rings. The molecule has 3 heteroatoms. The number of fused-ring (bicyclic) bond motifs is 1. The van der Waals surface area contributed by atoms with Gasteiger partial charge in [0.2, 0.25) is 0 Å². The Morgan fingerprint density at radius 3 is 2.52 bits per heavy atom. The second-order valence-corrected chi connectivity index (χ2v) is 4.97. The van der Waals surface area contributed by atoms with Crippen molar-refractivity contribution >= 4 is 16.7 Å². The first-order chi connectivity index (χ1) is 10.1. The summed E-state index contributed by atoms with van der Waals surface area (Å²) in [6, 6.07) is 18.9. The zero-order valence-electron chi connectivity index (χ0n) is 11.3. The standard InChI is InChI=1S/C18H14O3/c19-17-9-8-12(11-16(17)18(20)21)10-14-6-3-5-13-4-1-2-7-15(13)14/h1-9,11,19H,10H2,(H,20,21). The van der Waals surface area contributed by atoms with E-state index in [1.165, 1.54) is 12.1 Å². The van der Waals surface area contributed by atoms with Crippen molar-refractivity contribution in [3.63, 3.8) is 0 Å². The smallest absolute Gasteiger partial charge is 0.339 e. The molecule has 21 heavy (non-hydrogen) atoms. The third-order valence-electron chi connectivity index (χ3n) is 3.57. The van der Waals surface area contributed by atoms with Gasteiger partial charge >= 0.3 is 5.97 Å². The summed E-state index contributed by atoms with van der Waals surface area (Å²) in [7, 11) is 0. The topological polar surface area (TPSA) is 57.5 Å². The number of carboxylic acids is 1. The van der Waals surface area contributed by atoms with Crippen LogP contribution < -0.4 is 0 Å². The van der Waals surface area contributed by atoms with Gasteiger partial charge in [0.25, 0.3) is 0 Å². The molecule has 0 fully saturated rings. The number of benzene rings is 3. The molecule has 3 nitrogen and oxygen atoms in total. The minimum Gasteiger partial charge on any atom is -0.507 e. The Bertz CT molecular complexity index is 816. The first-order valence-electron chi connectivity index (χ1n) is 6.67. The predicted molar refractivity (Wildman–Crippen MR) is 81.8 cm³/mol. The molecule has 3 rings (SSSR count). The molecule has 2 N–H and O–H groups in total. The van der Waals surface area contributed by atoms with Crippen LogP contribution >= 0.6 is 0 Å². The van der Waals surface area contributed by atoms with Crippen molar-refractivity contribution < 1.29 is 15.0 Å². The molecule has 104 valence electrons. The van der Waals surface area contributed by atoms with Crippen LogP contribution in [0.3, 0.4) is 0 Å². The third kappa shape index (κ3) is 2.58. The van der Waals surface area contributed by atoms with Gasteiger partial charge in [-0.25, -0.2) is 4.79 Å². The van der Waals surface area contributed by atoms with Crippen LogP contribution in [0.5, 0.6) is 5.75 Å². The van der Waals surface area contributed by atoms with Gasteiger partial charge in [0.1, 0.15) is 11.3 Å². The van der Waals surface area contributed by atoms with Gasteiger partial charge in [0.15, 0.2) is 0 Å². The molecule has 0 heterocycles. The van der Waals surface area contributed by atoms with Gasteiger partial charge in [0, 0.05) is 0 Å². The Kier molecular flexibility index (Phi) is 3.32. The maximum Gasteiger partial charge on any atom is 0.339 e. The molecule has 0 aliphatic heterocycles. The average molecular weight is 278 g/mol. The van der Waals surface area contributed by atoms with E-state index in [-0.39, 0.29) is 11.3 Å². The van der Waals surface area contributed by atoms with Crippen molar-refractivity contribution in [1.29, 1.82) is 0 Å². The predicted octanol–water partition coefficient (Wildman–Crippen LogP) is 3.83. The lowest BCUT2D eigenvalue weighted by Gasteiger charge is -2.08. The van der Waals surface area contributed by atoms with E-state index in [4.69, 9.17) is 5.11 Å². The van der Waals surface area contributed by atoms with Gasteiger partial charge in [-0.2, -0.15) is 0 Å². The van der Waals surface area contributed by atoms with E-state index < -0.39 is 5.97 Å². The van der Waals surface area contributed by atoms with E-state index in [9.17, 15) is 9.90 Å². The van der Waals surface area contributed by atoms with Gasteiger partial charge in [-0.15, -0.1) is 0 Å². The van der Waals surface area contributed by atoms with Crippen molar-refractivity contribution in [2.45, 2.75) is 6.42 Å². The molecule has 0 spiro atoms. The zero-order chi connectivity index (χ0) is 14.8. The lowest BCUT2D eigenvalue weighted by Crippen LogP contribution is -1.99. The normalized spacial score (nSPS) is 10.7. The molecule has 0 aliphatic carbocycles. The summed E-state index contributed by atoms with van der Waals surface area (Å²) in [6.07, 6.45) is 0.627. The molecule has 3 aromatic rings. The summed E-state index contributed by atoms with van der Waals surface area (Å²) in [5.74, 6) is -1.32. The van der Waals surface area contributed by atoms with Crippen molar-refractivity contribution in [3.05, 3.63) is 77.4 Å². The van der Waals surface area contributed by atoms with Crippen LogP contribution in [-0.4, -0.2) is 16.2 Å². The highest BCUT2D eigenvalue weighted by Gasteiger charge is 2.11. The van der Waals surface area contributed by atoms with Crippen LogP contribution in [0, 0.1) is 0 Å². The Morgan fingerprint density at radius 2 is 1.71 bits per heavy atom. The van der Waals surface area contributed by atoms with Gasteiger partial charge in [-0.1, -0.05) is 48.5 Å². The largest absolute Gasteiger partial charge is 0.507 e. The first-order valence-corrected chi connectivity index (χ1v) is 6.67. The lowest BCUT2D eigenvalue weighted by atomic mass is 9.97. The fourth-order valence-electron chi connectivity index (χ4n) is 2.53. The molecule has 0 radical (unpaired) electrons. The molecule has 3 aromatic carbocycles. The fraction of sp³-hybridized carbons (Fsp3) is 0.0556. The SMILES string of the molecule is O=C(O)c1cc(Cc2cccc3ccccc23)ccc1O. The van der Waals surface area contributed by atoms with Crippen LogP contribution in [-0.2, 0) is 6.42 Å². The summed E-state index contributed by atoms with van der Waals surface area (Å²) in [4.78, 5) is 11.1. The van der Waals surface area contributed by atoms with Crippen LogP contribution in [0.15, 0.2) is 60.7 Å².